The number of aromatic amines is 1. The highest BCUT2D eigenvalue weighted by molar-refractivity contribution is 7.13. The summed E-state index contributed by atoms with van der Waals surface area (Å²) in [6.45, 7) is 1.77. The molecule has 7 nitrogen and oxygen atoms in total. The summed E-state index contributed by atoms with van der Waals surface area (Å²) >= 11 is 1.60. The molecular formula is C18H21N5O2S. The smallest absolute Gasteiger partial charge is 0.272 e. The maximum atomic E-state index is 12.9. The summed E-state index contributed by atoms with van der Waals surface area (Å²) < 4.78 is 5.19. The lowest BCUT2D eigenvalue weighted by molar-refractivity contribution is 0.0871. The van der Waals surface area contributed by atoms with Crippen molar-refractivity contribution in [1.29, 1.82) is 0 Å². The van der Waals surface area contributed by atoms with Crippen molar-refractivity contribution in [3.63, 3.8) is 0 Å². The molecule has 3 aromatic rings. The van der Waals surface area contributed by atoms with Gasteiger partial charge in [0.25, 0.3) is 5.91 Å². The minimum atomic E-state index is -0.590. The molecule has 0 spiro atoms. The lowest BCUT2D eigenvalue weighted by Crippen LogP contribution is -2.46. The van der Waals surface area contributed by atoms with Crippen molar-refractivity contribution >= 4 is 17.2 Å². The Kier molecular flexibility index (Phi) is 4.58. The van der Waals surface area contributed by atoms with Gasteiger partial charge in [0.05, 0.1) is 10.6 Å². The standard InChI is InChI=1S/C18H21N5O2S/c1-12-19-17(23-25-12)18(8-4-2-3-5-9-18)20-16(24)14-11-13(21-22-14)15-7-6-10-26-15/h6-7,10-11H,2-5,8-9H2,1H3,(H,20,24)(H,21,22). The summed E-state index contributed by atoms with van der Waals surface area (Å²) in [4.78, 5) is 18.4. The van der Waals surface area contributed by atoms with E-state index in [1.54, 1.807) is 24.3 Å². The van der Waals surface area contributed by atoms with Crippen molar-refractivity contribution < 1.29 is 9.32 Å². The van der Waals surface area contributed by atoms with Gasteiger partial charge in [-0.2, -0.15) is 10.1 Å². The van der Waals surface area contributed by atoms with Crippen LogP contribution in [0, 0.1) is 6.92 Å². The van der Waals surface area contributed by atoms with E-state index in [0.29, 0.717) is 17.4 Å². The third-order valence-corrected chi connectivity index (χ3v) is 5.77. The third-order valence-electron chi connectivity index (χ3n) is 4.86. The van der Waals surface area contributed by atoms with Crippen molar-refractivity contribution in [3.05, 3.63) is 41.0 Å². The Morgan fingerprint density at radius 3 is 2.77 bits per heavy atom. The van der Waals surface area contributed by atoms with Crippen LogP contribution in [-0.4, -0.2) is 26.2 Å². The van der Waals surface area contributed by atoms with E-state index in [9.17, 15) is 4.79 Å². The highest BCUT2D eigenvalue weighted by atomic mass is 32.1. The largest absolute Gasteiger partial charge is 0.340 e. The minimum Gasteiger partial charge on any atom is -0.340 e. The number of hydrogen-bond donors (Lipinski definition) is 2. The first kappa shape index (κ1) is 17.0. The Balaban J connectivity index is 1.60. The number of carbonyl (C=O) groups is 1. The van der Waals surface area contributed by atoms with Crippen molar-refractivity contribution in [2.75, 3.05) is 0 Å². The molecule has 136 valence electrons. The van der Waals surface area contributed by atoms with E-state index in [-0.39, 0.29) is 5.91 Å². The highest BCUT2D eigenvalue weighted by Gasteiger charge is 2.39. The van der Waals surface area contributed by atoms with Crippen LogP contribution in [0.2, 0.25) is 0 Å². The molecule has 0 atom stereocenters. The van der Waals surface area contributed by atoms with Gasteiger partial charge in [-0.25, -0.2) is 0 Å². The molecule has 3 aromatic heterocycles. The number of rotatable bonds is 4. The number of thiophene rings is 1. The molecule has 8 heteroatoms. The number of amides is 1. The molecule has 2 N–H and O–H groups in total. The van der Waals surface area contributed by atoms with Gasteiger partial charge in [0.1, 0.15) is 5.54 Å². The molecule has 3 heterocycles. The Morgan fingerprint density at radius 2 is 2.12 bits per heavy atom. The van der Waals surface area contributed by atoms with Crippen molar-refractivity contribution in [3.8, 4) is 10.6 Å². The van der Waals surface area contributed by atoms with E-state index < -0.39 is 5.54 Å². The second-order valence-corrected chi connectivity index (χ2v) is 7.68. The number of H-pyrrole nitrogens is 1. The second kappa shape index (κ2) is 7.03. The fraction of sp³-hybridized carbons (Fsp3) is 0.444. The van der Waals surface area contributed by atoms with Gasteiger partial charge >= 0.3 is 0 Å². The molecule has 1 amide bonds. The zero-order valence-electron chi connectivity index (χ0n) is 14.6. The Hall–Kier alpha value is -2.48. The number of hydrogen-bond acceptors (Lipinski definition) is 6. The van der Waals surface area contributed by atoms with E-state index in [4.69, 9.17) is 4.52 Å². The van der Waals surface area contributed by atoms with E-state index >= 15 is 0 Å². The fourth-order valence-corrected chi connectivity index (χ4v) is 4.20. The number of aromatic nitrogens is 4. The van der Waals surface area contributed by atoms with E-state index in [1.165, 1.54) is 0 Å². The minimum absolute atomic E-state index is 0.214. The molecule has 0 aromatic carbocycles. The molecular weight excluding hydrogens is 350 g/mol. The molecule has 0 saturated heterocycles. The number of aryl methyl sites for hydroxylation is 1. The Labute approximate surface area is 155 Å². The van der Waals surface area contributed by atoms with Gasteiger partial charge in [0, 0.05) is 6.92 Å². The fourth-order valence-electron chi connectivity index (χ4n) is 3.51. The molecule has 0 radical (unpaired) electrons. The molecule has 1 fully saturated rings. The number of nitrogens with zero attached hydrogens (tertiary/aromatic N) is 3. The highest BCUT2D eigenvalue weighted by Crippen LogP contribution is 2.35. The number of carbonyl (C=O) groups excluding carboxylic acids is 1. The van der Waals surface area contributed by atoms with E-state index in [0.717, 1.165) is 49.1 Å². The molecule has 0 bridgehead atoms. The Bertz CT molecular complexity index is 875. The van der Waals surface area contributed by atoms with Gasteiger partial charge in [-0.05, 0) is 30.4 Å². The van der Waals surface area contributed by atoms with Crippen LogP contribution in [0.4, 0.5) is 0 Å². The van der Waals surface area contributed by atoms with Gasteiger partial charge in [0.2, 0.25) is 5.89 Å². The molecule has 4 rings (SSSR count). The lowest BCUT2D eigenvalue weighted by atomic mass is 9.89. The summed E-state index contributed by atoms with van der Waals surface area (Å²) in [5, 5.41) is 16.4. The van der Waals surface area contributed by atoms with Crippen LogP contribution in [-0.2, 0) is 5.54 Å². The van der Waals surface area contributed by atoms with Crippen LogP contribution in [0.3, 0.4) is 0 Å². The average Bonchev–Trinajstić information content (AvgIpc) is 3.36. The van der Waals surface area contributed by atoms with Gasteiger partial charge in [0.15, 0.2) is 11.5 Å². The summed E-state index contributed by atoms with van der Waals surface area (Å²) in [6, 6.07) is 5.75. The third kappa shape index (κ3) is 3.29. The van der Waals surface area contributed by atoms with Crippen LogP contribution in [0.1, 0.15) is 60.7 Å². The average molecular weight is 371 g/mol. The van der Waals surface area contributed by atoms with Gasteiger partial charge in [-0.3, -0.25) is 9.89 Å². The quantitative estimate of drug-likeness (QED) is 0.680. The van der Waals surface area contributed by atoms with Crippen LogP contribution in [0.15, 0.2) is 28.1 Å². The first-order chi connectivity index (χ1) is 12.7. The molecule has 1 aliphatic rings. The summed E-state index contributed by atoms with van der Waals surface area (Å²) in [7, 11) is 0. The maximum Gasteiger partial charge on any atom is 0.272 e. The van der Waals surface area contributed by atoms with E-state index in [1.807, 2.05) is 17.5 Å². The van der Waals surface area contributed by atoms with Gasteiger partial charge < -0.3 is 9.84 Å². The molecule has 26 heavy (non-hydrogen) atoms. The zero-order chi connectivity index (χ0) is 18.0. The first-order valence-electron chi connectivity index (χ1n) is 8.89. The monoisotopic (exact) mass is 371 g/mol. The summed E-state index contributed by atoms with van der Waals surface area (Å²) in [5.74, 6) is 0.866. The molecule has 1 saturated carbocycles. The van der Waals surface area contributed by atoms with Crippen LogP contribution in [0.5, 0.6) is 0 Å². The summed E-state index contributed by atoms with van der Waals surface area (Å²) in [5.41, 5.74) is 0.626. The predicted octanol–water partition coefficient (Wildman–Crippen LogP) is 3.81. The van der Waals surface area contributed by atoms with Crippen molar-refractivity contribution in [2.24, 2.45) is 0 Å². The normalized spacial score (nSPS) is 17.0. The predicted molar refractivity (Wildman–Crippen MR) is 97.8 cm³/mol. The molecule has 1 aliphatic carbocycles. The lowest BCUT2D eigenvalue weighted by Gasteiger charge is -2.30. The van der Waals surface area contributed by atoms with Crippen molar-refractivity contribution in [1.82, 2.24) is 25.7 Å². The number of nitrogens with one attached hydrogen (secondary N) is 2. The zero-order valence-corrected chi connectivity index (χ0v) is 15.4. The molecule has 0 aliphatic heterocycles. The van der Waals surface area contributed by atoms with Gasteiger partial charge in [-0.1, -0.05) is 36.9 Å². The molecule has 0 unspecified atom stereocenters. The van der Waals surface area contributed by atoms with Crippen molar-refractivity contribution in [2.45, 2.75) is 51.0 Å². The van der Waals surface area contributed by atoms with Gasteiger partial charge in [-0.15, -0.1) is 11.3 Å². The second-order valence-electron chi connectivity index (χ2n) is 6.73. The Morgan fingerprint density at radius 1 is 1.31 bits per heavy atom. The van der Waals surface area contributed by atoms with Crippen LogP contribution < -0.4 is 5.32 Å². The topological polar surface area (TPSA) is 96.7 Å². The maximum absolute atomic E-state index is 12.9. The SMILES string of the molecule is Cc1nc(C2(NC(=O)c3cc(-c4cccs4)[nH]n3)CCCCCC2)no1. The van der Waals surface area contributed by atoms with Crippen LogP contribution >= 0.6 is 11.3 Å². The van der Waals surface area contributed by atoms with E-state index in [2.05, 4.69) is 25.7 Å². The summed E-state index contributed by atoms with van der Waals surface area (Å²) in [6.07, 6.45) is 5.96. The van der Waals surface area contributed by atoms with Crippen LogP contribution in [0.25, 0.3) is 10.6 Å². The first-order valence-corrected chi connectivity index (χ1v) is 9.77.